The third kappa shape index (κ3) is 9.97. The average Bonchev–Trinajstić information content (AvgIpc) is 2.25. The minimum Gasteiger partial charge on any atom is -0.354 e. The Kier molecular flexibility index (Phi) is 10.5. The van der Waals surface area contributed by atoms with Crippen molar-refractivity contribution < 1.29 is 4.79 Å². The highest BCUT2D eigenvalue weighted by atomic mass is 16.1. The van der Waals surface area contributed by atoms with E-state index in [9.17, 15) is 4.79 Å². The largest absolute Gasteiger partial charge is 0.354 e. The van der Waals surface area contributed by atoms with Crippen molar-refractivity contribution in [3.05, 3.63) is 0 Å². The van der Waals surface area contributed by atoms with Crippen LogP contribution >= 0.6 is 0 Å². The van der Waals surface area contributed by atoms with E-state index in [1.165, 1.54) is 19.3 Å². The Bertz CT molecular complexity index is 171. The van der Waals surface area contributed by atoms with Crippen LogP contribution in [0.25, 0.3) is 0 Å². The standard InChI is InChI=1S/C13H28N2O/c1-3-4-6-9-12(2)15-13(16)10-7-5-8-11-14/h12H,3-11,14H2,1-2H3,(H,15,16). The molecule has 0 saturated carbocycles. The molecule has 0 aliphatic carbocycles. The zero-order chi connectivity index (χ0) is 12.2. The van der Waals surface area contributed by atoms with E-state index in [2.05, 4.69) is 19.2 Å². The van der Waals surface area contributed by atoms with Crippen molar-refractivity contribution in [1.82, 2.24) is 5.32 Å². The minimum absolute atomic E-state index is 0.195. The first-order valence-corrected chi connectivity index (χ1v) is 6.70. The van der Waals surface area contributed by atoms with Crippen molar-refractivity contribution in [3.63, 3.8) is 0 Å². The lowest BCUT2D eigenvalue weighted by molar-refractivity contribution is -0.121. The zero-order valence-electron chi connectivity index (χ0n) is 10.9. The SMILES string of the molecule is CCCCCC(C)NC(=O)CCCCCN. The number of amides is 1. The first-order chi connectivity index (χ1) is 7.70. The first-order valence-electron chi connectivity index (χ1n) is 6.70. The fourth-order valence-electron chi connectivity index (χ4n) is 1.73. The second-order valence-electron chi connectivity index (χ2n) is 4.56. The monoisotopic (exact) mass is 228 g/mol. The molecule has 96 valence electrons. The normalized spacial score (nSPS) is 12.4. The topological polar surface area (TPSA) is 55.1 Å². The summed E-state index contributed by atoms with van der Waals surface area (Å²) in [6, 6.07) is 0.327. The van der Waals surface area contributed by atoms with Crippen molar-refractivity contribution in [2.45, 2.75) is 71.3 Å². The fraction of sp³-hybridized carbons (Fsp3) is 0.923. The van der Waals surface area contributed by atoms with Gasteiger partial charge >= 0.3 is 0 Å². The molecule has 0 aliphatic rings. The average molecular weight is 228 g/mol. The molecule has 1 unspecified atom stereocenters. The number of rotatable bonds is 10. The van der Waals surface area contributed by atoms with Crippen molar-refractivity contribution in [1.29, 1.82) is 0 Å². The molecule has 0 aromatic rings. The van der Waals surface area contributed by atoms with E-state index in [0.29, 0.717) is 12.5 Å². The summed E-state index contributed by atoms with van der Waals surface area (Å²) in [6.45, 7) is 5.02. The van der Waals surface area contributed by atoms with Crippen molar-refractivity contribution in [3.8, 4) is 0 Å². The van der Waals surface area contributed by atoms with Gasteiger partial charge in [-0.15, -0.1) is 0 Å². The van der Waals surface area contributed by atoms with Gasteiger partial charge in [-0.05, 0) is 32.7 Å². The van der Waals surface area contributed by atoms with Gasteiger partial charge in [0.2, 0.25) is 5.91 Å². The lowest BCUT2D eigenvalue weighted by atomic mass is 10.1. The van der Waals surface area contributed by atoms with Crippen LogP contribution in [0.5, 0.6) is 0 Å². The Hall–Kier alpha value is -0.570. The van der Waals surface area contributed by atoms with Gasteiger partial charge in [-0.25, -0.2) is 0 Å². The number of nitrogens with two attached hydrogens (primary N) is 1. The van der Waals surface area contributed by atoms with Crippen LogP contribution in [0.15, 0.2) is 0 Å². The Labute approximate surface area is 100 Å². The number of hydrogen-bond donors (Lipinski definition) is 2. The second-order valence-corrected chi connectivity index (χ2v) is 4.56. The third-order valence-corrected chi connectivity index (χ3v) is 2.76. The summed E-state index contributed by atoms with van der Waals surface area (Å²) >= 11 is 0. The maximum Gasteiger partial charge on any atom is 0.220 e. The van der Waals surface area contributed by atoms with Gasteiger partial charge in [-0.1, -0.05) is 32.6 Å². The van der Waals surface area contributed by atoms with Gasteiger partial charge in [0.05, 0.1) is 0 Å². The Morgan fingerprint density at radius 1 is 1.19 bits per heavy atom. The van der Waals surface area contributed by atoms with Gasteiger partial charge in [-0.3, -0.25) is 4.79 Å². The molecule has 16 heavy (non-hydrogen) atoms. The number of unbranched alkanes of at least 4 members (excludes halogenated alkanes) is 4. The quantitative estimate of drug-likeness (QED) is 0.565. The molecule has 0 heterocycles. The molecule has 0 spiro atoms. The van der Waals surface area contributed by atoms with Crippen LogP contribution in [0, 0.1) is 0 Å². The molecule has 0 fully saturated rings. The highest BCUT2D eigenvalue weighted by Gasteiger charge is 2.06. The minimum atomic E-state index is 0.195. The van der Waals surface area contributed by atoms with E-state index in [-0.39, 0.29) is 5.91 Å². The number of carbonyl (C=O) groups is 1. The van der Waals surface area contributed by atoms with Gasteiger partial charge in [0.1, 0.15) is 0 Å². The predicted octanol–water partition coefficient (Wildman–Crippen LogP) is 2.59. The van der Waals surface area contributed by atoms with Crippen LogP contribution < -0.4 is 11.1 Å². The predicted molar refractivity (Wildman–Crippen MR) is 69.3 cm³/mol. The molecule has 0 rings (SSSR count). The van der Waals surface area contributed by atoms with Crippen LogP contribution in [-0.4, -0.2) is 18.5 Å². The molecule has 3 N–H and O–H groups in total. The van der Waals surface area contributed by atoms with Crippen LogP contribution in [0.2, 0.25) is 0 Å². The van der Waals surface area contributed by atoms with Crippen molar-refractivity contribution in [2.75, 3.05) is 6.54 Å². The van der Waals surface area contributed by atoms with Crippen LogP contribution in [0.3, 0.4) is 0 Å². The lowest BCUT2D eigenvalue weighted by Gasteiger charge is -2.13. The fourth-order valence-corrected chi connectivity index (χ4v) is 1.73. The van der Waals surface area contributed by atoms with Gasteiger partial charge < -0.3 is 11.1 Å². The van der Waals surface area contributed by atoms with Crippen molar-refractivity contribution in [2.24, 2.45) is 5.73 Å². The molecule has 1 atom stereocenters. The van der Waals surface area contributed by atoms with Crippen LogP contribution in [0.4, 0.5) is 0 Å². The summed E-state index contributed by atoms with van der Waals surface area (Å²) in [7, 11) is 0. The van der Waals surface area contributed by atoms with Gasteiger partial charge in [0, 0.05) is 12.5 Å². The number of hydrogen-bond acceptors (Lipinski definition) is 2. The molecule has 0 aliphatic heterocycles. The van der Waals surface area contributed by atoms with Gasteiger partial charge in [0.25, 0.3) is 0 Å². The number of carbonyl (C=O) groups excluding carboxylic acids is 1. The first kappa shape index (κ1) is 15.4. The highest BCUT2D eigenvalue weighted by molar-refractivity contribution is 5.76. The summed E-state index contributed by atoms with van der Waals surface area (Å²) in [5, 5.41) is 3.05. The maximum absolute atomic E-state index is 11.5. The Balaban J connectivity index is 3.39. The molecular formula is C13H28N2O. The summed E-state index contributed by atoms with van der Waals surface area (Å²) in [4.78, 5) is 11.5. The van der Waals surface area contributed by atoms with Crippen molar-refractivity contribution >= 4 is 5.91 Å². The molecule has 3 nitrogen and oxygen atoms in total. The summed E-state index contributed by atoms with van der Waals surface area (Å²) < 4.78 is 0. The van der Waals surface area contributed by atoms with E-state index >= 15 is 0 Å². The van der Waals surface area contributed by atoms with E-state index in [1.54, 1.807) is 0 Å². The van der Waals surface area contributed by atoms with Crippen LogP contribution in [0.1, 0.15) is 65.2 Å². The smallest absolute Gasteiger partial charge is 0.220 e. The van der Waals surface area contributed by atoms with E-state index < -0.39 is 0 Å². The van der Waals surface area contributed by atoms with E-state index in [4.69, 9.17) is 5.73 Å². The summed E-state index contributed by atoms with van der Waals surface area (Å²) in [6.07, 6.45) is 8.51. The molecule has 0 bridgehead atoms. The van der Waals surface area contributed by atoms with Gasteiger partial charge in [-0.2, -0.15) is 0 Å². The maximum atomic E-state index is 11.5. The molecule has 0 radical (unpaired) electrons. The highest BCUT2D eigenvalue weighted by Crippen LogP contribution is 2.04. The molecule has 0 saturated heterocycles. The Morgan fingerprint density at radius 2 is 1.94 bits per heavy atom. The summed E-state index contributed by atoms with van der Waals surface area (Å²) in [5.41, 5.74) is 5.39. The number of nitrogens with one attached hydrogen (secondary N) is 1. The molecular weight excluding hydrogens is 200 g/mol. The Morgan fingerprint density at radius 3 is 2.56 bits per heavy atom. The molecule has 0 aromatic carbocycles. The van der Waals surface area contributed by atoms with E-state index in [1.807, 2.05) is 0 Å². The van der Waals surface area contributed by atoms with Crippen LogP contribution in [-0.2, 0) is 4.79 Å². The van der Waals surface area contributed by atoms with Gasteiger partial charge in [0.15, 0.2) is 0 Å². The molecule has 3 heteroatoms. The summed E-state index contributed by atoms with van der Waals surface area (Å²) in [5.74, 6) is 0.195. The molecule has 0 aromatic heterocycles. The molecule has 1 amide bonds. The van der Waals surface area contributed by atoms with E-state index in [0.717, 1.165) is 32.2 Å². The zero-order valence-corrected chi connectivity index (χ0v) is 10.9. The third-order valence-electron chi connectivity index (χ3n) is 2.76. The second kappa shape index (κ2) is 10.9. The lowest BCUT2D eigenvalue weighted by Crippen LogP contribution is -2.32.